The molecule has 7 nitrogen and oxygen atoms in total. The van der Waals surface area contributed by atoms with Crippen molar-refractivity contribution in [3.8, 4) is 11.3 Å². The average molecular weight is 602 g/mol. The normalized spacial score (nSPS) is 13.4. The van der Waals surface area contributed by atoms with Gasteiger partial charge in [0.25, 0.3) is 5.91 Å². The molecular weight excluding hydrogens is 571 g/mol. The van der Waals surface area contributed by atoms with Gasteiger partial charge >= 0.3 is 12.1 Å². The maximum atomic E-state index is 13.2. The monoisotopic (exact) mass is 601 g/mol. The molecule has 1 saturated heterocycles. The second-order valence-corrected chi connectivity index (χ2v) is 10.7. The summed E-state index contributed by atoms with van der Waals surface area (Å²) in [5.74, 6) is -1.91. The van der Waals surface area contributed by atoms with Crippen molar-refractivity contribution in [1.29, 1.82) is 0 Å². The third-order valence-electron chi connectivity index (χ3n) is 7.60. The van der Waals surface area contributed by atoms with Crippen LogP contribution in [-0.2, 0) is 12.6 Å². The number of Topliss-reactive ketones (excluding diaryl/α,β-unsaturated/α-hetero) is 1. The molecule has 10 heteroatoms. The second-order valence-electron chi connectivity index (χ2n) is 10.7. The number of aryl methyl sites for hydroxylation is 1. The van der Waals surface area contributed by atoms with Crippen LogP contribution in [0.25, 0.3) is 11.3 Å². The number of carboxylic acids is 1. The molecule has 1 aliphatic heterocycles. The molecular formula is C34H30F3N3O4. The fraction of sp³-hybridized carbons (Fsp3) is 0.235. The van der Waals surface area contributed by atoms with Gasteiger partial charge in [-0.2, -0.15) is 13.2 Å². The van der Waals surface area contributed by atoms with Gasteiger partial charge in [0.1, 0.15) is 0 Å². The van der Waals surface area contributed by atoms with Crippen LogP contribution in [0.2, 0.25) is 0 Å². The third-order valence-corrected chi connectivity index (χ3v) is 7.60. The van der Waals surface area contributed by atoms with Crippen LogP contribution in [0.5, 0.6) is 0 Å². The van der Waals surface area contributed by atoms with Crippen LogP contribution in [-0.4, -0.2) is 40.8 Å². The second kappa shape index (κ2) is 13.1. The zero-order chi connectivity index (χ0) is 31.3. The minimum Gasteiger partial charge on any atom is -0.478 e. The zero-order valence-corrected chi connectivity index (χ0v) is 23.7. The van der Waals surface area contributed by atoms with Gasteiger partial charge < -0.3 is 15.3 Å². The lowest BCUT2D eigenvalue weighted by molar-refractivity contribution is -0.137. The number of hydrogen-bond donors (Lipinski definition) is 2. The maximum Gasteiger partial charge on any atom is 0.416 e. The van der Waals surface area contributed by atoms with Gasteiger partial charge in [-0.05, 0) is 85.8 Å². The Hall–Kier alpha value is -4.99. The predicted molar refractivity (Wildman–Crippen MR) is 161 cm³/mol. The van der Waals surface area contributed by atoms with Gasteiger partial charge in [0, 0.05) is 48.1 Å². The lowest BCUT2D eigenvalue weighted by Gasteiger charge is -2.29. The molecule has 1 amide bonds. The summed E-state index contributed by atoms with van der Waals surface area (Å²) in [6, 6.07) is 19.4. The highest BCUT2D eigenvalue weighted by atomic mass is 19.4. The highest BCUT2D eigenvalue weighted by Crippen LogP contribution is 2.34. The number of pyridine rings is 1. The van der Waals surface area contributed by atoms with Gasteiger partial charge in [0.2, 0.25) is 0 Å². The number of aromatic carboxylic acids is 1. The van der Waals surface area contributed by atoms with Crippen LogP contribution >= 0.6 is 0 Å². The van der Waals surface area contributed by atoms with Crippen molar-refractivity contribution in [2.45, 2.75) is 38.3 Å². The number of nitrogens with zero attached hydrogens (tertiary/aromatic N) is 2. The molecule has 1 fully saturated rings. The average Bonchev–Trinajstić information content (AvgIpc) is 3.04. The van der Waals surface area contributed by atoms with Crippen molar-refractivity contribution in [2.24, 2.45) is 0 Å². The Labute approximate surface area is 252 Å². The van der Waals surface area contributed by atoms with Crippen LogP contribution in [0.4, 0.5) is 24.5 Å². The summed E-state index contributed by atoms with van der Waals surface area (Å²) >= 11 is 0. The topological polar surface area (TPSA) is 99.6 Å². The molecule has 1 aliphatic rings. The summed E-state index contributed by atoms with van der Waals surface area (Å²) in [4.78, 5) is 44.5. The molecule has 0 atom stereocenters. The Balaban J connectivity index is 1.42. The lowest BCUT2D eigenvalue weighted by atomic mass is 9.99. The van der Waals surface area contributed by atoms with E-state index in [1.165, 1.54) is 36.5 Å². The van der Waals surface area contributed by atoms with Gasteiger partial charge in [-0.15, -0.1) is 0 Å². The molecule has 5 rings (SSSR count). The number of amides is 1. The minimum atomic E-state index is -4.46. The van der Waals surface area contributed by atoms with E-state index in [0.29, 0.717) is 28.1 Å². The van der Waals surface area contributed by atoms with E-state index in [-0.39, 0.29) is 29.8 Å². The molecule has 2 N–H and O–H groups in total. The van der Waals surface area contributed by atoms with E-state index in [1.54, 1.807) is 24.3 Å². The van der Waals surface area contributed by atoms with Crippen molar-refractivity contribution in [2.75, 3.05) is 23.3 Å². The van der Waals surface area contributed by atoms with E-state index < -0.39 is 23.6 Å². The van der Waals surface area contributed by atoms with Gasteiger partial charge in [-0.3, -0.25) is 14.6 Å². The Morgan fingerprint density at radius 2 is 1.59 bits per heavy atom. The smallest absolute Gasteiger partial charge is 0.416 e. The molecule has 1 aromatic heterocycles. The first-order valence-electron chi connectivity index (χ1n) is 14.3. The fourth-order valence-corrected chi connectivity index (χ4v) is 5.25. The van der Waals surface area contributed by atoms with Crippen molar-refractivity contribution < 1.29 is 32.7 Å². The van der Waals surface area contributed by atoms with Gasteiger partial charge in [-0.25, -0.2) is 4.79 Å². The summed E-state index contributed by atoms with van der Waals surface area (Å²) in [7, 11) is 0. The van der Waals surface area contributed by atoms with Gasteiger partial charge in [0.05, 0.1) is 22.5 Å². The summed E-state index contributed by atoms with van der Waals surface area (Å²) in [6.07, 6.45) is 0.434. The van der Waals surface area contributed by atoms with E-state index in [9.17, 15) is 32.7 Å². The van der Waals surface area contributed by atoms with Crippen molar-refractivity contribution >= 4 is 29.0 Å². The number of anilines is 2. The van der Waals surface area contributed by atoms with Crippen LogP contribution in [0.1, 0.15) is 67.9 Å². The van der Waals surface area contributed by atoms with Crippen LogP contribution in [0.15, 0.2) is 85.1 Å². The van der Waals surface area contributed by atoms with E-state index in [1.807, 2.05) is 12.1 Å². The zero-order valence-electron chi connectivity index (χ0n) is 23.7. The summed E-state index contributed by atoms with van der Waals surface area (Å²) in [6.45, 7) is 1.77. The highest BCUT2D eigenvalue weighted by Gasteiger charge is 2.30. The number of rotatable bonds is 9. The highest BCUT2D eigenvalue weighted by molar-refractivity contribution is 6.07. The summed E-state index contributed by atoms with van der Waals surface area (Å²) in [5, 5.41) is 12.2. The number of carboxylic acid groups (broad SMARTS) is 1. The summed E-state index contributed by atoms with van der Waals surface area (Å²) < 4.78 is 39.3. The van der Waals surface area contributed by atoms with Gasteiger partial charge in [0.15, 0.2) is 5.78 Å². The minimum absolute atomic E-state index is 0.00208. The van der Waals surface area contributed by atoms with Crippen LogP contribution in [0, 0.1) is 0 Å². The quantitative estimate of drug-likeness (QED) is 0.193. The molecule has 0 saturated carbocycles. The van der Waals surface area contributed by atoms with Crippen LogP contribution in [0.3, 0.4) is 0 Å². The molecule has 226 valence electrons. The molecule has 0 radical (unpaired) electrons. The number of hydrogen-bond acceptors (Lipinski definition) is 5. The SMILES string of the molecule is O=C(O)c1cccc(C(=O)Nc2ccc(N3CCCCC3)cc2-c2cc(C(=O)CCc3cccc(C(F)(F)F)c3)ccn2)c1. The molecule has 4 aromatic rings. The maximum absolute atomic E-state index is 13.2. The molecule has 2 heterocycles. The van der Waals surface area contributed by atoms with E-state index in [4.69, 9.17) is 0 Å². The molecule has 3 aromatic carbocycles. The molecule has 0 unspecified atom stereocenters. The number of nitrogens with one attached hydrogen (secondary N) is 1. The molecule has 0 aliphatic carbocycles. The van der Waals surface area contributed by atoms with Gasteiger partial charge in [-0.1, -0.05) is 24.3 Å². The summed E-state index contributed by atoms with van der Waals surface area (Å²) in [5.41, 5.74) is 2.52. The Morgan fingerprint density at radius 3 is 2.34 bits per heavy atom. The first-order valence-corrected chi connectivity index (χ1v) is 14.3. The number of carbonyl (C=O) groups excluding carboxylic acids is 2. The third kappa shape index (κ3) is 7.31. The number of benzene rings is 3. The number of ketones is 1. The standard InChI is InChI=1S/C34H30F3N3O4/c35-34(36,37)26-9-4-6-22(18-26)10-13-31(41)23-14-15-38-30(20-23)28-21-27(40-16-2-1-3-17-40)11-12-29(28)39-32(42)24-7-5-8-25(19-24)33(43)44/h4-9,11-12,14-15,18-21H,1-3,10,13,16-17H2,(H,39,42)(H,43,44). The first kappa shape index (κ1) is 30.5. The number of piperidine rings is 1. The molecule has 0 spiro atoms. The Bertz CT molecular complexity index is 1700. The number of alkyl halides is 3. The number of halogens is 3. The van der Waals surface area contributed by atoms with E-state index >= 15 is 0 Å². The number of aromatic nitrogens is 1. The Kier molecular flexibility index (Phi) is 9.08. The van der Waals surface area contributed by atoms with E-state index in [2.05, 4.69) is 15.2 Å². The van der Waals surface area contributed by atoms with Crippen molar-refractivity contribution in [3.63, 3.8) is 0 Å². The van der Waals surface area contributed by atoms with Crippen LogP contribution < -0.4 is 10.2 Å². The molecule has 44 heavy (non-hydrogen) atoms. The van der Waals surface area contributed by atoms with Crippen molar-refractivity contribution in [3.05, 3.63) is 113 Å². The molecule has 0 bridgehead atoms. The van der Waals surface area contributed by atoms with Crippen molar-refractivity contribution in [1.82, 2.24) is 4.98 Å². The predicted octanol–water partition coefficient (Wildman–Crippen LogP) is 7.52. The Morgan fingerprint density at radius 1 is 0.841 bits per heavy atom. The first-order chi connectivity index (χ1) is 21.1. The number of carbonyl (C=O) groups is 3. The fourth-order valence-electron chi connectivity index (χ4n) is 5.25. The lowest BCUT2D eigenvalue weighted by Crippen LogP contribution is -2.29. The van der Waals surface area contributed by atoms with E-state index in [0.717, 1.165) is 50.2 Å². The largest absolute Gasteiger partial charge is 0.478 e.